The Morgan fingerprint density at radius 2 is 0.853 bits per heavy atom. The Balaban J connectivity index is 1.68. The van der Waals surface area contributed by atoms with Crippen LogP contribution in [-0.4, -0.2) is 15.3 Å². The first-order valence-electron chi connectivity index (χ1n) is 12.5. The molecule has 3 nitrogen and oxygen atoms in total. The highest BCUT2D eigenvalue weighted by Crippen LogP contribution is 2.47. The zero-order valence-electron chi connectivity index (χ0n) is 21.4. The van der Waals surface area contributed by atoms with Crippen molar-refractivity contribution in [1.29, 1.82) is 0 Å². The van der Waals surface area contributed by atoms with Gasteiger partial charge in [0.2, 0.25) is 0 Å². The largest absolute Gasteiger partial charge is 0.507 e. The molecule has 0 spiro atoms. The molecule has 3 aromatic rings. The van der Waals surface area contributed by atoms with Gasteiger partial charge < -0.3 is 15.3 Å². The number of rotatable bonds is 4. The maximum absolute atomic E-state index is 10.4. The quantitative estimate of drug-likeness (QED) is 0.374. The van der Waals surface area contributed by atoms with E-state index in [-0.39, 0.29) is 5.92 Å². The Kier molecular flexibility index (Phi) is 6.66. The van der Waals surface area contributed by atoms with Gasteiger partial charge in [0.25, 0.3) is 0 Å². The fourth-order valence-electron chi connectivity index (χ4n) is 6.09. The number of hydrogen-bond donors (Lipinski definition) is 3. The summed E-state index contributed by atoms with van der Waals surface area (Å²) in [6.45, 7) is 11.9. The summed E-state index contributed by atoms with van der Waals surface area (Å²) in [5, 5.41) is 31.0. The van der Waals surface area contributed by atoms with E-state index in [1.807, 2.05) is 41.5 Å². The molecule has 1 saturated carbocycles. The van der Waals surface area contributed by atoms with E-state index in [0.29, 0.717) is 29.1 Å². The monoisotopic (exact) mass is 458 g/mol. The van der Waals surface area contributed by atoms with Crippen LogP contribution in [0.2, 0.25) is 0 Å². The molecule has 0 aromatic heterocycles. The minimum Gasteiger partial charge on any atom is -0.507 e. The highest BCUT2D eigenvalue weighted by atomic mass is 16.3. The fraction of sp³-hybridized carbons (Fsp3) is 0.419. The number of hydrogen-bond acceptors (Lipinski definition) is 3. The van der Waals surface area contributed by atoms with Crippen LogP contribution >= 0.6 is 0 Å². The van der Waals surface area contributed by atoms with Crippen molar-refractivity contribution in [3.05, 3.63) is 86.5 Å². The lowest BCUT2D eigenvalue weighted by Crippen LogP contribution is -2.21. The predicted molar refractivity (Wildman–Crippen MR) is 139 cm³/mol. The van der Waals surface area contributed by atoms with E-state index in [1.165, 1.54) is 16.7 Å². The van der Waals surface area contributed by atoms with Gasteiger partial charge in [-0.3, -0.25) is 0 Å². The van der Waals surface area contributed by atoms with Gasteiger partial charge in [0, 0.05) is 5.92 Å². The Morgan fingerprint density at radius 3 is 1.21 bits per heavy atom. The average molecular weight is 459 g/mol. The highest BCUT2D eigenvalue weighted by molar-refractivity contribution is 5.50. The Labute approximate surface area is 204 Å². The van der Waals surface area contributed by atoms with Gasteiger partial charge in [-0.25, -0.2) is 0 Å². The van der Waals surface area contributed by atoms with E-state index >= 15 is 0 Å². The first-order chi connectivity index (χ1) is 16.1. The van der Waals surface area contributed by atoms with Crippen molar-refractivity contribution in [1.82, 2.24) is 0 Å². The van der Waals surface area contributed by atoms with E-state index in [9.17, 15) is 15.3 Å². The second-order valence-corrected chi connectivity index (χ2v) is 10.6. The van der Waals surface area contributed by atoms with Crippen LogP contribution in [0.3, 0.4) is 0 Å². The van der Waals surface area contributed by atoms with Crippen molar-refractivity contribution in [2.24, 2.45) is 5.92 Å². The van der Waals surface area contributed by atoms with Gasteiger partial charge in [0.1, 0.15) is 17.2 Å². The van der Waals surface area contributed by atoms with Gasteiger partial charge >= 0.3 is 0 Å². The third-order valence-electron chi connectivity index (χ3n) is 7.97. The van der Waals surface area contributed by atoms with Crippen LogP contribution in [0.5, 0.6) is 17.2 Å². The van der Waals surface area contributed by atoms with Crippen molar-refractivity contribution in [3.63, 3.8) is 0 Å². The van der Waals surface area contributed by atoms with Crippen LogP contribution in [0.15, 0.2) is 36.4 Å². The second kappa shape index (κ2) is 9.37. The lowest BCUT2D eigenvalue weighted by atomic mass is 9.69. The summed E-state index contributed by atoms with van der Waals surface area (Å²) < 4.78 is 0. The van der Waals surface area contributed by atoms with Crippen LogP contribution in [0.25, 0.3) is 0 Å². The number of aromatic hydroxyl groups is 3. The lowest BCUT2D eigenvalue weighted by Gasteiger charge is -2.35. The van der Waals surface area contributed by atoms with Crippen molar-refractivity contribution in [2.45, 2.75) is 79.1 Å². The topological polar surface area (TPSA) is 60.7 Å². The van der Waals surface area contributed by atoms with E-state index < -0.39 is 0 Å². The van der Waals surface area contributed by atoms with E-state index in [0.717, 1.165) is 59.1 Å². The van der Waals surface area contributed by atoms with Crippen molar-refractivity contribution in [2.75, 3.05) is 0 Å². The Morgan fingerprint density at radius 1 is 0.529 bits per heavy atom. The van der Waals surface area contributed by atoms with Crippen molar-refractivity contribution < 1.29 is 15.3 Å². The van der Waals surface area contributed by atoms with Crippen LogP contribution < -0.4 is 0 Å². The summed E-state index contributed by atoms with van der Waals surface area (Å²) in [6.07, 6.45) is 4.48. The number of benzene rings is 3. The number of aryl methyl sites for hydroxylation is 6. The van der Waals surface area contributed by atoms with E-state index in [1.54, 1.807) is 0 Å². The number of phenols is 3. The molecule has 34 heavy (non-hydrogen) atoms. The maximum atomic E-state index is 10.4. The summed E-state index contributed by atoms with van der Waals surface area (Å²) in [5.74, 6) is 2.39. The molecule has 0 amide bonds. The third-order valence-corrected chi connectivity index (χ3v) is 7.97. The minimum atomic E-state index is 0.222. The van der Waals surface area contributed by atoms with Gasteiger partial charge in [0.05, 0.1) is 0 Å². The smallest absolute Gasteiger partial charge is 0.121 e. The molecular weight excluding hydrogens is 420 g/mol. The van der Waals surface area contributed by atoms with E-state index in [4.69, 9.17) is 0 Å². The molecule has 3 heteroatoms. The molecule has 4 rings (SSSR count). The second-order valence-electron chi connectivity index (χ2n) is 10.6. The minimum absolute atomic E-state index is 0.222. The molecule has 0 heterocycles. The summed E-state index contributed by atoms with van der Waals surface area (Å²) in [5.41, 5.74) is 9.41. The van der Waals surface area contributed by atoms with Crippen LogP contribution in [0.1, 0.15) is 87.6 Å². The molecule has 180 valence electrons. The molecular formula is C31H38O3. The van der Waals surface area contributed by atoms with Crippen LogP contribution in [0.4, 0.5) is 0 Å². The molecule has 0 bridgehead atoms. The maximum Gasteiger partial charge on any atom is 0.121 e. The zero-order valence-corrected chi connectivity index (χ0v) is 21.4. The summed E-state index contributed by atoms with van der Waals surface area (Å²) in [6, 6.07) is 12.9. The lowest BCUT2D eigenvalue weighted by molar-refractivity contribution is 0.299. The molecule has 1 aliphatic carbocycles. The molecule has 0 aliphatic heterocycles. The summed E-state index contributed by atoms with van der Waals surface area (Å²) in [4.78, 5) is 0. The van der Waals surface area contributed by atoms with Gasteiger partial charge in [-0.2, -0.15) is 0 Å². The average Bonchev–Trinajstić information content (AvgIpc) is 2.79. The molecule has 0 unspecified atom stereocenters. The van der Waals surface area contributed by atoms with Crippen molar-refractivity contribution >= 4 is 0 Å². The molecule has 3 aromatic carbocycles. The molecule has 1 aliphatic rings. The van der Waals surface area contributed by atoms with Crippen LogP contribution in [0, 0.1) is 47.5 Å². The molecule has 0 radical (unpaired) electrons. The number of phenolic OH excluding ortho intramolecular Hbond substituents is 3. The van der Waals surface area contributed by atoms with Gasteiger partial charge in [-0.15, -0.1) is 0 Å². The summed E-state index contributed by atoms with van der Waals surface area (Å²) in [7, 11) is 0. The predicted octanol–water partition coefficient (Wildman–Crippen LogP) is 7.76. The first-order valence-corrected chi connectivity index (χ1v) is 12.5. The Bertz CT molecular complexity index is 1090. The fourth-order valence-corrected chi connectivity index (χ4v) is 6.09. The standard InChI is InChI=1S/C31H38O3/c1-17-11-25(12-18(2)29(17)32)23-7-9-24(10-8-23)28(26-13-19(3)30(33)20(4)14-26)27-15-21(5)31(34)22(6)16-27/h11-16,23-24,28,32-34H,7-10H2,1-6H3. The molecule has 0 saturated heterocycles. The first kappa shape index (κ1) is 24.2. The molecule has 0 atom stereocenters. The highest BCUT2D eigenvalue weighted by Gasteiger charge is 2.31. The molecule has 3 N–H and O–H groups in total. The van der Waals surface area contributed by atoms with E-state index in [2.05, 4.69) is 36.4 Å². The van der Waals surface area contributed by atoms with Gasteiger partial charge in [-0.05, 0) is 129 Å². The zero-order chi connectivity index (χ0) is 24.7. The Hall–Kier alpha value is -2.94. The molecule has 1 fully saturated rings. The normalized spacial score (nSPS) is 18.4. The van der Waals surface area contributed by atoms with Crippen LogP contribution in [-0.2, 0) is 0 Å². The SMILES string of the molecule is Cc1cc(C2CCC(C(c3cc(C)c(O)c(C)c3)c3cc(C)c(O)c(C)c3)CC2)cc(C)c1O. The van der Waals surface area contributed by atoms with Crippen molar-refractivity contribution in [3.8, 4) is 17.2 Å². The third kappa shape index (κ3) is 4.53. The van der Waals surface area contributed by atoms with Gasteiger partial charge in [-0.1, -0.05) is 36.4 Å². The van der Waals surface area contributed by atoms with Gasteiger partial charge in [0.15, 0.2) is 0 Å². The summed E-state index contributed by atoms with van der Waals surface area (Å²) >= 11 is 0.